The van der Waals surface area contributed by atoms with Crippen LogP contribution in [0.2, 0.25) is 0 Å². The quantitative estimate of drug-likeness (QED) is 0.378. The summed E-state index contributed by atoms with van der Waals surface area (Å²) in [5.41, 5.74) is -0.0936. The van der Waals surface area contributed by atoms with Gasteiger partial charge in [-0.2, -0.15) is 4.98 Å². The first kappa shape index (κ1) is 17.9. The van der Waals surface area contributed by atoms with Crippen molar-refractivity contribution in [2.75, 3.05) is 12.4 Å². The average Bonchev–Trinajstić information content (AvgIpc) is 3.20. The van der Waals surface area contributed by atoms with Gasteiger partial charge in [0.2, 0.25) is 5.82 Å². The highest BCUT2D eigenvalue weighted by molar-refractivity contribution is 5.89. The molecule has 3 rings (SSSR count). The van der Waals surface area contributed by atoms with E-state index in [0.717, 1.165) is 6.33 Å². The van der Waals surface area contributed by atoms with Crippen LogP contribution in [0.1, 0.15) is 16.1 Å². The number of nitro groups is 1. The molecule has 0 unspecified atom stereocenters. The zero-order valence-corrected chi connectivity index (χ0v) is 14.1. The Balaban J connectivity index is 1.83. The summed E-state index contributed by atoms with van der Waals surface area (Å²) in [5.74, 6) is 0.111. The van der Waals surface area contributed by atoms with Gasteiger partial charge in [0, 0.05) is 0 Å². The summed E-state index contributed by atoms with van der Waals surface area (Å²) in [6, 6.07) is 9.34. The number of furan rings is 1. The summed E-state index contributed by atoms with van der Waals surface area (Å²) in [6.45, 7) is 0.206. The van der Waals surface area contributed by atoms with E-state index in [4.69, 9.17) is 9.15 Å². The molecule has 0 spiro atoms. The van der Waals surface area contributed by atoms with Gasteiger partial charge in [0.1, 0.15) is 17.8 Å². The molecule has 2 heterocycles. The Hall–Kier alpha value is -3.95. The molecule has 0 amide bonds. The fraction of sp³-hybridized carbons (Fsp3) is 0.118. The minimum atomic E-state index is -0.636. The Morgan fingerprint density at radius 2 is 2.04 bits per heavy atom. The van der Waals surface area contributed by atoms with Crippen molar-refractivity contribution in [2.24, 2.45) is 0 Å². The monoisotopic (exact) mass is 370 g/mol. The SMILES string of the molecule is COC(=O)c1ccc(Oc2ncnc(NCc3ccco3)c2[N+](=O)[O-])cc1. The molecule has 0 aliphatic rings. The fourth-order valence-corrected chi connectivity index (χ4v) is 2.20. The first-order chi connectivity index (χ1) is 13.1. The van der Waals surface area contributed by atoms with Gasteiger partial charge in [-0.25, -0.2) is 9.78 Å². The smallest absolute Gasteiger partial charge is 0.373 e. The van der Waals surface area contributed by atoms with Crippen molar-refractivity contribution >= 4 is 17.5 Å². The number of nitrogens with zero attached hydrogens (tertiary/aromatic N) is 3. The highest BCUT2D eigenvalue weighted by atomic mass is 16.6. The van der Waals surface area contributed by atoms with Crippen LogP contribution in [0.3, 0.4) is 0 Å². The molecule has 1 aromatic carbocycles. The summed E-state index contributed by atoms with van der Waals surface area (Å²) in [5, 5.41) is 14.3. The molecule has 0 saturated heterocycles. The number of anilines is 1. The van der Waals surface area contributed by atoms with Crippen molar-refractivity contribution < 1.29 is 23.6 Å². The second-order valence-corrected chi connectivity index (χ2v) is 5.18. The maximum Gasteiger partial charge on any atom is 0.373 e. The Morgan fingerprint density at radius 3 is 2.67 bits per heavy atom. The molecule has 138 valence electrons. The summed E-state index contributed by atoms with van der Waals surface area (Å²) in [4.78, 5) is 30.1. The standard InChI is InChI=1S/C17H14N4O6/c1-25-17(22)11-4-6-12(7-5-11)27-16-14(21(23)24)15(19-10-20-16)18-9-13-3-2-8-26-13/h2-8,10H,9H2,1H3,(H,18,19,20). The van der Waals surface area contributed by atoms with Crippen molar-refractivity contribution in [3.8, 4) is 11.6 Å². The molecule has 10 heteroatoms. The van der Waals surface area contributed by atoms with Crippen molar-refractivity contribution in [2.45, 2.75) is 6.54 Å². The van der Waals surface area contributed by atoms with E-state index in [1.807, 2.05) is 0 Å². The van der Waals surface area contributed by atoms with E-state index in [0.29, 0.717) is 11.3 Å². The Kier molecular flexibility index (Phi) is 5.26. The minimum Gasteiger partial charge on any atom is -0.467 e. The number of hydrogen-bond acceptors (Lipinski definition) is 9. The Bertz CT molecular complexity index is 941. The van der Waals surface area contributed by atoms with Crippen molar-refractivity contribution in [1.29, 1.82) is 0 Å². The van der Waals surface area contributed by atoms with Crippen LogP contribution in [-0.4, -0.2) is 28.0 Å². The predicted octanol–water partition coefficient (Wildman–Crippen LogP) is 3.17. The highest BCUT2D eigenvalue weighted by Gasteiger charge is 2.25. The largest absolute Gasteiger partial charge is 0.467 e. The summed E-state index contributed by atoms with van der Waals surface area (Å²) < 4.78 is 15.3. The Labute approximate surface area is 152 Å². The topological polar surface area (TPSA) is 130 Å². The lowest BCUT2D eigenvalue weighted by molar-refractivity contribution is -0.385. The number of ether oxygens (including phenoxy) is 2. The molecule has 0 fully saturated rings. The lowest BCUT2D eigenvalue weighted by Crippen LogP contribution is -2.06. The van der Waals surface area contributed by atoms with E-state index >= 15 is 0 Å². The van der Waals surface area contributed by atoms with Crippen molar-refractivity contribution in [3.05, 3.63) is 70.4 Å². The number of nitrogens with one attached hydrogen (secondary N) is 1. The summed E-state index contributed by atoms with van der Waals surface area (Å²) in [7, 11) is 1.27. The second-order valence-electron chi connectivity index (χ2n) is 5.18. The predicted molar refractivity (Wildman–Crippen MR) is 92.6 cm³/mol. The lowest BCUT2D eigenvalue weighted by atomic mass is 10.2. The molecular formula is C17H14N4O6. The molecule has 0 bridgehead atoms. The van der Waals surface area contributed by atoms with Crippen LogP contribution in [0.25, 0.3) is 0 Å². The Morgan fingerprint density at radius 1 is 1.26 bits per heavy atom. The maximum atomic E-state index is 11.5. The first-order valence-corrected chi connectivity index (χ1v) is 7.70. The van der Waals surface area contributed by atoms with Crippen LogP contribution in [0.4, 0.5) is 11.5 Å². The van der Waals surface area contributed by atoms with Gasteiger partial charge in [0.05, 0.1) is 30.4 Å². The zero-order chi connectivity index (χ0) is 19.2. The van der Waals surface area contributed by atoms with Crippen LogP contribution in [0, 0.1) is 10.1 Å². The van der Waals surface area contributed by atoms with Gasteiger partial charge in [-0.15, -0.1) is 0 Å². The van der Waals surface area contributed by atoms with Crippen LogP contribution in [0.5, 0.6) is 11.6 Å². The van der Waals surface area contributed by atoms with Crippen LogP contribution >= 0.6 is 0 Å². The van der Waals surface area contributed by atoms with Gasteiger partial charge in [-0.3, -0.25) is 10.1 Å². The number of benzene rings is 1. The first-order valence-electron chi connectivity index (χ1n) is 7.70. The third kappa shape index (κ3) is 4.18. The molecule has 2 aromatic heterocycles. The maximum absolute atomic E-state index is 11.5. The number of methoxy groups -OCH3 is 1. The third-order valence-electron chi connectivity index (χ3n) is 3.47. The molecule has 0 aliphatic carbocycles. The van der Waals surface area contributed by atoms with Crippen molar-refractivity contribution in [1.82, 2.24) is 9.97 Å². The van der Waals surface area contributed by atoms with E-state index in [-0.39, 0.29) is 24.0 Å². The molecule has 0 aliphatic heterocycles. The number of hydrogen-bond donors (Lipinski definition) is 1. The summed E-state index contributed by atoms with van der Waals surface area (Å²) in [6.07, 6.45) is 2.65. The second kappa shape index (κ2) is 7.95. The molecule has 3 aromatic rings. The molecule has 0 atom stereocenters. The van der Waals surface area contributed by atoms with Crippen LogP contribution in [0.15, 0.2) is 53.4 Å². The molecule has 27 heavy (non-hydrogen) atoms. The number of carbonyl (C=O) groups excluding carboxylic acids is 1. The van der Waals surface area contributed by atoms with E-state index in [1.165, 1.54) is 37.6 Å². The van der Waals surface area contributed by atoms with Gasteiger partial charge < -0.3 is 19.2 Å². The third-order valence-corrected chi connectivity index (χ3v) is 3.47. The number of rotatable bonds is 7. The van der Waals surface area contributed by atoms with Gasteiger partial charge in [0.15, 0.2) is 0 Å². The number of aromatic nitrogens is 2. The number of esters is 1. The molecular weight excluding hydrogens is 356 g/mol. The normalized spacial score (nSPS) is 10.3. The molecule has 10 nitrogen and oxygen atoms in total. The zero-order valence-electron chi connectivity index (χ0n) is 14.1. The van der Waals surface area contributed by atoms with E-state index in [1.54, 1.807) is 12.1 Å². The average molecular weight is 370 g/mol. The van der Waals surface area contributed by atoms with E-state index in [9.17, 15) is 14.9 Å². The van der Waals surface area contributed by atoms with Gasteiger partial charge in [-0.1, -0.05) is 0 Å². The molecule has 1 N–H and O–H groups in total. The minimum absolute atomic E-state index is 0.00687. The fourth-order valence-electron chi connectivity index (χ4n) is 2.20. The van der Waals surface area contributed by atoms with E-state index in [2.05, 4.69) is 20.0 Å². The van der Waals surface area contributed by atoms with Gasteiger partial charge >= 0.3 is 17.5 Å². The van der Waals surface area contributed by atoms with Gasteiger partial charge in [-0.05, 0) is 36.4 Å². The number of carbonyl (C=O) groups is 1. The highest BCUT2D eigenvalue weighted by Crippen LogP contribution is 2.34. The van der Waals surface area contributed by atoms with Crippen LogP contribution < -0.4 is 10.1 Å². The van der Waals surface area contributed by atoms with Crippen LogP contribution in [-0.2, 0) is 11.3 Å². The van der Waals surface area contributed by atoms with Crippen molar-refractivity contribution in [3.63, 3.8) is 0 Å². The molecule has 0 radical (unpaired) electrons. The van der Waals surface area contributed by atoms with Gasteiger partial charge in [0.25, 0.3) is 0 Å². The van der Waals surface area contributed by atoms with E-state index < -0.39 is 16.6 Å². The molecule has 0 saturated carbocycles. The lowest BCUT2D eigenvalue weighted by Gasteiger charge is -2.09. The summed E-state index contributed by atoms with van der Waals surface area (Å²) >= 11 is 0.